The highest BCUT2D eigenvalue weighted by atomic mass is 16.5. The molecule has 7 heteroatoms. The number of nitrogens with zero attached hydrogens (tertiary/aromatic N) is 4. The second-order valence-corrected chi connectivity index (χ2v) is 5.23. The van der Waals surface area contributed by atoms with E-state index >= 15 is 0 Å². The van der Waals surface area contributed by atoms with E-state index in [1.807, 2.05) is 0 Å². The first-order valence-corrected chi connectivity index (χ1v) is 6.73. The summed E-state index contributed by atoms with van der Waals surface area (Å²) in [6.45, 7) is 6.70. The van der Waals surface area contributed by atoms with E-state index in [-0.39, 0.29) is 6.61 Å². The highest BCUT2D eigenvalue weighted by Crippen LogP contribution is 2.12. The summed E-state index contributed by atoms with van der Waals surface area (Å²) >= 11 is 0. The molecule has 2 aromatic heterocycles. The van der Waals surface area contributed by atoms with Crippen molar-refractivity contribution in [3.05, 3.63) is 35.7 Å². The zero-order valence-corrected chi connectivity index (χ0v) is 12.4. The smallest absolute Gasteiger partial charge is 0.340 e. The van der Waals surface area contributed by atoms with Gasteiger partial charge >= 0.3 is 5.97 Å². The molecule has 2 aromatic rings. The third-order valence-corrected chi connectivity index (χ3v) is 2.89. The van der Waals surface area contributed by atoms with Gasteiger partial charge in [-0.25, -0.2) is 14.5 Å². The third-order valence-electron chi connectivity index (χ3n) is 2.89. The number of aryl methyl sites for hydroxylation is 1. The molecule has 0 aromatic carbocycles. The molecule has 0 unspecified atom stereocenters. The molecule has 0 saturated heterocycles. The number of esters is 1. The maximum Gasteiger partial charge on any atom is 0.340 e. The van der Waals surface area contributed by atoms with Crippen LogP contribution in [0.3, 0.4) is 0 Å². The van der Waals surface area contributed by atoms with Crippen molar-refractivity contribution < 1.29 is 9.53 Å². The molecular weight excluding hydrogens is 270 g/mol. The quantitative estimate of drug-likeness (QED) is 0.839. The standard InChI is InChI=1S/C14H19N5O2/c1-9(2)6-19-13(17-8-18-19)7-21-14(20)12-4-11(15)5-16-10(12)3/h4-5,8-9H,6-7,15H2,1-3H3. The van der Waals surface area contributed by atoms with Gasteiger partial charge in [0, 0.05) is 6.54 Å². The average molecular weight is 289 g/mol. The Morgan fingerprint density at radius 2 is 2.19 bits per heavy atom. The molecule has 2 heterocycles. The van der Waals surface area contributed by atoms with Gasteiger partial charge in [0.2, 0.25) is 0 Å². The van der Waals surface area contributed by atoms with Crippen LogP contribution in [0.1, 0.15) is 35.7 Å². The zero-order chi connectivity index (χ0) is 15.4. The van der Waals surface area contributed by atoms with Crippen LogP contribution < -0.4 is 5.73 Å². The Kier molecular flexibility index (Phi) is 4.52. The SMILES string of the molecule is Cc1ncc(N)cc1C(=O)OCc1ncnn1CC(C)C. The minimum Gasteiger partial charge on any atom is -0.454 e. The minimum atomic E-state index is -0.466. The minimum absolute atomic E-state index is 0.0692. The lowest BCUT2D eigenvalue weighted by Gasteiger charge is -2.10. The summed E-state index contributed by atoms with van der Waals surface area (Å²) in [5.74, 6) is 0.583. The Balaban J connectivity index is 2.04. The number of aromatic nitrogens is 4. The molecule has 0 aliphatic carbocycles. The van der Waals surface area contributed by atoms with Gasteiger partial charge < -0.3 is 10.5 Å². The number of pyridine rings is 1. The number of hydrogen-bond acceptors (Lipinski definition) is 6. The molecule has 2 rings (SSSR count). The van der Waals surface area contributed by atoms with Gasteiger partial charge in [0.15, 0.2) is 12.4 Å². The molecule has 112 valence electrons. The van der Waals surface area contributed by atoms with E-state index in [4.69, 9.17) is 10.5 Å². The van der Waals surface area contributed by atoms with Gasteiger partial charge in [-0.3, -0.25) is 4.98 Å². The number of carbonyl (C=O) groups excluding carboxylic acids is 1. The van der Waals surface area contributed by atoms with Gasteiger partial charge in [-0.15, -0.1) is 0 Å². The number of rotatable bonds is 5. The van der Waals surface area contributed by atoms with E-state index in [0.29, 0.717) is 28.7 Å². The number of carbonyl (C=O) groups is 1. The summed E-state index contributed by atoms with van der Waals surface area (Å²) in [5, 5.41) is 4.12. The largest absolute Gasteiger partial charge is 0.454 e. The fraction of sp³-hybridized carbons (Fsp3) is 0.429. The van der Waals surface area contributed by atoms with Crippen molar-refractivity contribution in [2.75, 3.05) is 5.73 Å². The molecule has 0 spiro atoms. The van der Waals surface area contributed by atoms with Crippen LogP contribution in [0.4, 0.5) is 5.69 Å². The van der Waals surface area contributed by atoms with E-state index in [1.165, 1.54) is 12.5 Å². The van der Waals surface area contributed by atoms with Crippen LogP contribution in [0.2, 0.25) is 0 Å². The van der Waals surface area contributed by atoms with Crippen molar-refractivity contribution in [2.24, 2.45) is 5.92 Å². The Bertz CT molecular complexity index is 636. The van der Waals surface area contributed by atoms with Gasteiger partial charge in [-0.2, -0.15) is 5.10 Å². The normalized spacial score (nSPS) is 10.9. The summed E-state index contributed by atoms with van der Waals surface area (Å²) in [6, 6.07) is 1.56. The van der Waals surface area contributed by atoms with Crippen LogP contribution in [-0.4, -0.2) is 25.7 Å². The first-order chi connectivity index (χ1) is 9.97. The molecule has 2 N–H and O–H groups in total. The molecule has 0 amide bonds. The monoisotopic (exact) mass is 289 g/mol. The Labute approximate surface area is 123 Å². The molecule has 0 radical (unpaired) electrons. The van der Waals surface area contributed by atoms with E-state index in [2.05, 4.69) is 28.9 Å². The lowest BCUT2D eigenvalue weighted by atomic mass is 10.2. The van der Waals surface area contributed by atoms with Crippen LogP contribution in [0.15, 0.2) is 18.6 Å². The van der Waals surface area contributed by atoms with Crippen LogP contribution in [0.25, 0.3) is 0 Å². The summed E-state index contributed by atoms with van der Waals surface area (Å²) in [4.78, 5) is 20.2. The molecule has 0 bridgehead atoms. The molecular formula is C14H19N5O2. The molecule has 7 nitrogen and oxygen atoms in total. The summed E-state index contributed by atoms with van der Waals surface area (Å²) in [5.41, 5.74) is 7.01. The number of ether oxygens (including phenoxy) is 1. The van der Waals surface area contributed by atoms with Crippen molar-refractivity contribution in [2.45, 2.75) is 33.9 Å². The van der Waals surface area contributed by atoms with E-state index < -0.39 is 5.97 Å². The highest BCUT2D eigenvalue weighted by molar-refractivity contribution is 5.91. The second-order valence-electron chi connectivity index (χ2n) is 5.23. The van der Waals surface area contributed by atoms with Crippen LogP contribution >= 0.6 is 0 Å². The summed E-state index contributed by atoms with van der Waals surface area (Å²) in [7, 11) is 0. The maximum atomic E-state index is 12.1. The zero-order valence-electron chi connectivity index (χ0n) is 12.4. The van der Waals surface area contributed by atoms with Gasteiger partial charge in [-0.1, -0.05) is 13.8 Å². The number of anilines is 1. The van der Waals surface area contributed by atoms with Crippen LogP contribution in [0, 0.1) is 12.8 Å². The van der Waals surface area contributed by atoms with Crippen LogP contribution in [-0.2, 0) is 17.9 Å². The predicted octanol–water partition coefficient (Wildman–Crippen LogP) is 1.58. The van der Waals surface area contributed by atoms with E-state index in [1.54, 1.807) is 17.7 Å². The fourth-order valence-electron chi connectivity index (χ4n) is 1.86. The topological polar surface area (TPSA) is 95.9 Å². The molecule has 0 atom stereocenters. The van der Waals surface area contributed by atoms with Crippen molar-refractivity contribution in [3.8, 4) is 0 Å². The second kappa shape index (κ2) is 6.34. The third kappa shape index (κ3) is 3.77. The fourth-order valence-corrected chi connectivity index (χ4v) is 1.86. The predicted molar refractivity (Wildman–Crippen MR) is 77.4 cm³/mol. The van der Waals surface area contributed by atoms with Gasteiger partial charge in [0.1, 0.15) is 6.33 Å². The first kappa shape index (κ1) is 15.0. The Hall–Kier alpha value is -2.44. The van der Waals surface area contributed by atoms with E-state index in [9.17, 15) is 4.79 Å². The van der Waals surface area contributed by atoms with Gasteiger partial charge in [-0.05, 0) is 18.9 Å². The number of hydrogen-bond donors (Lipinski definition) is 1. The van der Waals surface area contributed by atoms with Crippen LogP contribution in [0.5, 0.6) is 0 Å². The maximum absolute atomic E-state index is 12.1. The Morgan fingerprint density at radius 1 is 1.43 bits per heavy atom. The summed E-state index contributed by atoms with van der Waals surface area (Å²) < 4.78 is 7.01. The molecule has 0 saturated carbocycles. The molecule has 21 heavy (non-hydrogen) atoms. The van der Waals surface area contributed by atoms with Crippen molar-refractivity contribution in [1.82, 2.24) is 19.7 Å². The molecule has 0 aliphatic rings. The highest BCUT2D eigenvalue weighted by Gasteiger charge is 2.14. The van der Waals surface area contributed by atoms with Crippen molar-refractivity contribution in [1.29, 1.82) is 0 Å². The van der Waals surface area contributed by atoms with Crippen molar-refractivity contribution >= 4 is 11.7 Å². The van der Waals surface area contributed by atoms with E-state index in [0.717, 1.165) is 6.54 Å². The molecule has 0 aliphatic heterocycles. The molecule has 0 fully saturated rings. The Morgan fingerprint density at radius 3 is 2.90 bits per heavy atom. The number of nitrogen functional groups attached to an aromatic ring is 1. The van der Waals surface area contributed by atoms with Crippen molar-refractivity contribution in [3.63, 3.8) is 0 Å². The van der Waals surface area contributed by atoms with Gasteiger partial charge in [0.25, 0.3) is 0 Å². The number of nitrogens with two attached hydrogens (primary N) is 1. The first-order valence-electron chi connectivity index (χ1n) is 6.73. The average Bonchev–Trinajstić information content (AvgIpc) is 2.85. The lowest BCUT2D eigenvalue weighted by Crippen LogP contribution is -2.14. The summed E-state index contributed by atoms with van der Waals surface area (Å²) in [6.07, 6.45) is 2.96. The lowest BCUT2D eigenvalue weighted by molar-refractivity contribution is 0.0454. The van der Waals surface area contributed by atoms with Gasteiger partial charge in [0.05, 0.1) is 23.1 Å².